The Balaban J connectivity index is 0.00000220. The third-order valence-electron chi connectivity index (χ3n) is 3.58. The smallest absolute Gasteiger partial charge is 0.286 e. The largest absolute Gasteiger partial charge is 1.00 e. The van der Waals surface area contributed by atoms with Gasteiger partial charge in [0.15, 0.2) is 12.4 Å². The van der Waals surface area contributed by atoms with Gasteiger partial charge in [-0.3, -0.25) is 15.0 Å². The van der Waals surface area contributed by atoms with E-state index in [-0.39, 0.29) is 30.8 Å². The highest BCUT2D eigenvalue weighted by atomic mass is 35.5. The summed E-state index contributed by atoms with van der Waals surface area (Å²) in [7, 11) is 0. The SMILES string of the molecule is NNC(=O)c1cc[n+](CC(=O)NC2CCCCC2)cc1.[Cl-]. The maximum Gasteiger partial charge on any atom is 0.286 e. The number of amides is 2. The van der Waals surface area contributed by atoms with E-state index in [9.17, 15) is 9.59 Å². The Morgan fingerprint density at radius 3 is 2.38 bits per heavy atom. The number of hydrogen-bond acceptors (Lipinski definition) is 3. The lowest BCUT2D eigenvalue weighted by atomic mass is 9.95. The Bertz CT molecular complexity index is 472. The molecule has 0 aliphatic heterocycles. The third kappa shape index (κ3) is 5.32. The number of halogens is 1. The minimum atomic E-state index is -0.344. The number of aromatic nitrogens is 1. The van der Waals surface area contributed by atoms with Gasteiger partial charge in [-0.25, -0.2) is 5.84 Å². The predicted octanol–water partition coefficient (Wildman–Crippen LogP) is -2.97. The number of nitrogens with zero attached hydrogens (tertiary/aromatic N) is 1. The second kappa shape index (κ2) is 8.59. The number of hydrazine groups is 1. The molecular formula is C14H21ClN4O2. The Hall–Kier alpha value is -1.66. The van der Waals surface area contributed by atoms with Gasteiger partial charge in [0.25, 0.3) is 11.8 Å². The van der Waals surface area contributed by atoms with E-state index in [2.05, 4.69) is 10.7 Å². The van der Waals surface area contributed by atoms with Crippen LogP contribution in [0.25, 0.3) is 0 Å². The van der Waals surface area contributed by atoms with Crippen LogP contribution in [0.1, 0.15) is 42.5 Å². The lowest BCUT2D eigenvalue weighted by Crippen LogP contribution is -3.00. The van der Waals surface area contributed by atoms with Gasteiger partial charge in [0.2, 0.25) is 6.54 Å². The number of pyridine rings is 1. The molecule has 1 saturated carbocycles. The molecule has 2 amide bonds. The van der Waals surface area contributed by atoms with Crippen LogP contribution in [0.2, 0.25) is 0 Å². The lowest BCUT2D eigenvalue weighted by Gasteiger charge is -2.21. The number of nitrogens with two attached hydrogens (primary N) is 1. The van der Waals surface area contributed by atoms with Crippen molar-refractivity contribution in [2.45, 2.75) is 44.7 Å². The van der Waals surface area contributed by atoms with Crippen molar-refractivity contribution in [3.63, 3.8) is 0 Å². The quantitative estimate of drug-likeness (QED) is 0.240. The van der Waals surface area contributed by atoms with Gasteiger partial charge in [-0.1, -0.05) is 19.3 Å². The Morgan fingerprint density at radius 2 is 1.81 bits per heavy atom. The van der Waals surface area contributed by atoms with Crippen molar-refractivity contribution in [2.75, 3.05) is 0 Å². The maximum absolute atomic E-state index is 11.9. The molecule has 0 unspecified atom stereocenters. The van der Waals surface area contributed by atoms with Crippen LogP contribution < -0.4 is 33.6 Å². The summed E-state index contributed by atoms with van der Waals surface area (Å²) in [5, 5.41) is 3.06. The van der Waals surface area contributed by atoms with E-state index < -0.39 is 0 Å². The third-order valence-corrected chi connectivity index (χ3v) is 3.58. The number of hydrogen-bond donors (Lipinski definition) is 3. The van der Waals surface area contributed by atoms with Crippen molar-refractivity contribution >= 4 is 11.8 Å². The standard InChI is InChI=1S/C14H20N4O2.ClH/c15-17-14(20)11-6-8-18(9-7-11)10-13(19)16-12-4-2-1-3-5-12;/h6-9,12,15H,1-5,10H2,(H2,16,19,20);1H. The topological polar surface area (TPSA) is 88.1 Å². The highest BCUT2D eigenvalue weighted by Gasteiger charge is 2.18. The van der Waals surface area contributed by atoms with Crippen LogP contribution in [0, 0.1) is 0 Å². The van der Waals surface area contributed by atoms with E-state index in [1.165, 1.54) is 19.3 Å². The summed E-state index contributed by atoms with van der Waals surface area (Å²) >= 11 is 0. The van der Waals surface area contributed by atoms with Crippen molar-refractivity contribution in [3.8, 4) is 0 Å². The Kier molecular flexibility index (Phi) is 7.11. The van der Waals surface area contributed by atoms with Crippen LogP contribution in [0.15, 0.2) is 24.5 Å². The average molecular weight is 313 g/mol. The first kappa shape index (κ1) is 17.4. The first-order valence-electron chi connectivity index (χ1n) is 6.98. The molecule has 116 valence electrons. The van der Waals surface area contributed by atoms with Crippen LogP contribution in [-0.4, -0.2) is 17.9 Å². The van der Waals surface area contributed by atoms with E-state index >= 15 is 0 Å². The van der Waals surface area contributed by atoms with E-state index in [1.54, 1.807) is 29.1 Å². The van der Waals surface area contributed by atoms with E-state index in [0.717, 1.165) is 12.8 Å². The zero-order valence-corrected chi connectivity index (χ0v) is 12.6. The molecule has 2 rings (SSSR count). The summed E-state index contributed by atoms with van der Waals surface area (Å²) in [5.41, 5.74) is 2.54. The molecule has 7 heteroatoms. The summed E-state index contributed by atoms with van der Waals surface area (Å²) in [5.74, 6) is 4.72. The van der Waals surface area contributed by atoms with Crippen LogP contribution in [-0.2, 0) is 11.3 Å². The molecule has 0 saturated heterocycles. The highest BCUT2D eigenvalue weighted by Crippen LogP contribution is 2.17. The van der Waals surface area contributed by atoms with Crippen molar-refractivity contribution < 1.29 is 26.6 Å². The molecule has 0 bridgehead atoms. The second-order valence-electron chi connectivity index (χ2n) is 5.14. The summed E-state index contributed by atoms with van der Waals surface area (Å²) in [4.78, 5) is 23.2. The summed E-state index contributed by atoms with van der Waals surface area (Å²) in [6.45, 7) is 0.265. The van der Waals surface area contributed by atoms with Gasteiger partial charge in [0.1, 0.15) is 0 Å². The average Bonchev–Trinajstić information content (AvgIpc) is 2.48. The van der Waals surface area contributed by atoms with Gasteiger partial charge in [0, 0.05) is 18.2 Å². The molecule has 1 heterocycles. The molecule has 0 aromatic carbocycles. The van der Waals surface area contributed by atoms with Gasteiger partial charge in [-0.05, 0) is 12.8 Å². The van der Waals surface area contributed by atoms with Crippen LogP contribution >= 0.6 is 0 Å². The van der Waals surface area contributed by atoms with Gasteiger partial charge in [-0.2, -0.15) is 4.57 Å². The fraction of sp³-hybridized carbons (Fsp3) is 0.500. The monoisotopic (exact) mass is 312 g/mol. The Labute approximate surface area is 130 Å². The van der Waals surface area contributed by atoms with Crippen molar-refractivity contribution in [2.24, 2.45) is 5.84 Å². The van der Waals surface area contributed by atoms with Crippen molar-refractivity contribution in [3.05, 3.63) is 30.1 Å². The number of rotatable bonds is 4. The lowest BCUT2D eigenvalue weighted by molar-refractivity contribution is -0.684. The first-order chi connectivity index (χ1) is 9.69. The van der Waals surface area contributed by atoms with Crippen LogP contribution in [0.3, 0.4) is 0 Å². The molecule has 0 radical (unpaired) electrons. The minimum absolute atomic E-state index is 0. The summed E-state index contributed by atoms with van der Waals surface area (Å²) < 4.78 is 1.74. The molecule has 1 aliphatic carbocycles. The van der Waals surface area contributed by atoms with E-state index in [0.29, 0.717) is 11.6 Å². The molecule has 0 spiro atoms. The summed E-state index contributed by atoms with van der Waals surface area (Å²) in [6, 6.07) is 3.59. The van der Waals surface area contributed by atoms with Crippen LogP contribution in [0.5, 0.6) is 0 Å². The van der Waals surface area contributed by atoms with Gasteiger partial charge in [-0.15, -0.1) is 0 Å². The first-order valence-corrected chi connectivity index (χ1v) is 6.98. The minimum Gasteiger partial charge on any atom is -1.00 e. The van der Waals surface area contributed by atoms with E-state index in [4.69, 9.17) is 5.84 Å². The molecule has 1 aliphatic rings. The molecule has 1 aromatic rings. The van der Waals surface area contributed by atoms with Crippen molar-refractivity contribution in [1.82, 2.24) is 10.7 Å². The highest BCUT2D eigenvalue weighted by molar-refractivity contribution is 5.93. The number of nitrogens with one attached hydrogen (secondary N) is 2. The molecule has 21 heavy (non-hydrogen) atoms. The fourth-order valence-electron chi connectivity index (χ4n) is 2.48. The number of carbonyl (C=O) groups excluding carboxylic acids is 2. The molecule has 0 atom stereocenters. The van der Waals surface area contributed by atoms with Gasteiger partial charge in [0.05, 0.1) is 5.56 Å². The normalized spacial score (nSPS) is 14.9. The fourth-order valence-corrected chi connectivity index (χ4v) is 2.48. The molecular weight excluding hydrogens is 292 g/mol. The molecule has 1 aromatic heterocycles. The maximum atomic E-state index is 11.9. The molecule has 1 fully saturated rings. The zero-order chi connectivity index (χ0) is 14.4. The van der Waals surface area contributed by atoms with Crippen molar-refractivity contribution in [1.29, 1.82) is 0 Å². The van der Waals surface area contributed by atoms with Gasteiger partial charge >= 0.3 is 0 Å². The second-order valence-corrected chi connectivity index (χ2v) is 5.14. The predicted molar refractivity (Wildman–Crippen MR) is 73.3 cm³/mol. The molecule has 4 N–H and O–H groups in total. The van der Waals surface area contributed by atoms with Crippen LogP contribution in [0.4, 0.5) is 0 Å². The zero-order valence-electron chi connectivity index (χ0n) is 11.8. The summed E-state index contributed by atoms with van der Waals surface area (Å²) in [6.07, 6.45) is 9.21. The number of carbonyl (C=O) groups is 2. The number of nitrogen functional groups attached to an aromatic ring is 1. The van der Waals surface area contributed by atoms with E-state index in [1.807, 2.05) is 0 Å². The molecule has 6 nitrogen and oxygen atoms in total. The van der Waals surface area contributed by atoms with Gasteiger partial charge < -0.3 is 17.7 Å². The Morgan fingerprint density at radius 1 is 1.19 bits per heavy atom.